The zero-order chi connectivity index (χ0) is 18.5. The van der Waals surface area contributed by atoms with Crippen LogP contribution in [0.3, 0.4) is 0 Å². The van der Waals surface area contributed by atoms with E-state index in [1.165, 1.54) is 6.26 Å². The van der Waals surface area contributed by atoms with E-state index in [0.29, 0.717) is 28.9 Å². The summed E-state index contributed by atoms with van der Waals surface area (Å²) in [5.41, 5.74) is -2.72. The Hall–Kier alpha value is -0.720. The Kier molecular flexibility index (Phi) is 5.08. The highest BCUT2D eigenvalue weighted by Crippen LogP contribution is 2.52. The molecule has 0 atom stereocenters. The molecule has 2 aromatic heterocycles. The van der Waals surface area contributed by atoms with Crippen molar-refractivity contribution in [2.24, 2.45) is 0 Å². The standard InChI is InChI=1S/C12H8F6O2S4/c1-21-5-3-22-9(7(5)11(13,14)15)10-8(12(16,17)18)6(4-23-10)24(2,19)20/h3-4H,1-2H3. The Bertz CT molecular complexity index is 857. The lowest BCUT2D eigenvalue weighted by atomic mass is 10.1. The van der Waals surface area contributed by atoms with E-state index in [9.17, 15) is 34.8 Å². The molecule has 0 aliphatic rings. The van der Waals surface area contributed by atoms with Crippen molar-refractivity contribution in [2.75, 3.05) is 12.5 Å². The lowest BCUT2D eigenvalue weighted by Gasteiger charge is -2.13. The zero-order valence-corrected chi connectivity index (χ0v) is 15.1. The molecule has 0 unspecified atom stereocenters. The predicted molar refractivity (Wildman–Crippen MR) is 82.5 cm³/mol. The Morgan fingerprint density at radius 1 is 0.917 bits per heavy atom. The summed E-state index contributed by atoms with van der Waals surface area (Å²) in [7, 11) is -4.24. The second kappa shape index (κ2) is 6.22. The fourth-order valence-corrected chi connectivity index (χ4v) is 6.57. The van der Waals surface area contributed by atoms with Crippen molar-refractivity contribution in [3.63, 3.8) is 0 Å². The normalized spacial score (nSPS) is 13.5. The van der Waals surface area contributed by atoms with Gasteiger partial charge >= 0.3 is 12.4 Å². The van der Waals surface area contributed by atoms with Gasteiger partial charge in [-0.1, -0.05) is 0 Å². The highest BCUT2D eigenvalue weighted by Gasteiger charge is 2.44. The van der Waals surface area contributed by atoms with Gasteiger partial charge in [0.05, 0.1) is 25.8 Å². The second-order valence-corrected chi connectivity index (χ2v) is 9.17. The highest BCUT2D eigenvalue weighted by atomic mass is 32.2. The van der Waals surface area contributed by atoms with Gasteiger partial charge in [-0.05, 0) is 6.26 Å². The number of thiophene rings is 2. The third-order valence-corrected chi connectivity index (χ3v) is 7.21. The van der Waals surface area contributed by atoms with Crippen LogP contribution in [0.5, 0.6) is 0 Å². The number of hydrogen-bond donors (Lipinski definition) is 0. The van der Waals surface area contributed by atoms with Crippen molar-refractivity contribution >= 4 is 44.3 Å². The minimum atomic E-state index is -5.10. The summed E-state index contributed by atoms with van der Waals surface area (Å²) < 4.78 is 103. The van der Waals surface area contributed by atoms with E-state index in [1.807, 2.05) is 0 Å². The van der Waals surface area contributed by atoms with E-state index in [-0.39, 0.29) is 4.90 Å². The first-order valence-electron chi connectivity index (χ1n) is 5.90. The largest absolute Gasteiger partial charge is 0.419 e. The third-order valence-electron chi connectivity index (χ3n) is 2.91. The van der Waals surface area contributed by atoms with Gasteiger partial charge in [0.25, 0.3) is 0 Å². The van der Waals surface area contributed by atoms with Crippen molar-refractivity contribution in [3.05, 3.63) is 21.9 Å². The molecule has 2 aromatic rings. The highest BCUT2D eigenvalue weighted by molar-refractivity contribution is 7.98. The van der Waals surface area contributed by atoms with Crippen molar-refractivity contribution in [3.8, 4) is 9.75 Å². The SMILES string of the molecule is CSc1csc(-c2scc(S(C)(=O)=O)c2C(F)(F)F)c1C(F)(F)F. The molecule has 0 aromatic carbocycles. The fraction of sp³-hybridized carbons (Fsp3) is 0.333. The van der Waals surface area contributed by atoms with Crippen LogP contribution in [-0.4, -0.2) is 20.9 Å². The average Bonchev–Trinajstić information content (AvgIpc) is 2.99. The van der Waals surface area contributed by atoms with Crippen LogP contribution in [0, 0.1) is 0 Å². The monoisotopic (exact) mass is 426 g/mol. The minimum absolute atomic E-state index is 0.204. The molecule has 0 bridgehead atoms. The molecule has 12 heteroatoms. The molecule has 2 heterocycles. The summed E-state index contributed by atoms with van der Waals surface area (Å²) in [6.45, 7) is 0. The number of alkyl halides is 6. The summed E-state index contributed by atoms with van der Waals surface area (Å²) in [6.07, 6.45) is -7.99. The third kappa shape index (κ3) is 3.60. The summed E-state index contributed by atoms with van der Waals surface area (Å²) in [6, 6.07) is 0. The van der Waals surface area contributed by atoms with Crippen molar-refractivity contribution in [1.29, 1.82) is 0 Å². The van der Waals surface area contributed by atoms with E-state index in [1.54, 1.807) is 0 Å². The fourth-order valence-electron chi connectivity index (χ4n) is 1.98. The molecule has 2 nitrogen and oxygen atoms in total. The molecule has 0 saturated heterocycles. The van der Waals surface area contributed by atoms with Gasteiger partial charge in [-0.3, -0.25) is 0 Å². The van der Waals surface area contributed by atoms with Crippen LogP contribution < -0.4 is 0 Å². The van der Waals surface area contributed by atoms with Crippen LogP contribution in [-0.2, 0) is 22.2 Å². The van der Waals surface area contributed by atoms with Crippen LogP contribution in [0.2, 0.25) is 0 Å². The molecule has 0 aliphatic carbocycles. The van der Waals surface area contributed by atoms with Crippen molar-refractivity contribution in [1.82, 2.24) is 0 Å². The first kappa shape index (κ1) is 19.6. The van der Waals surface area contributed by atoms with E-state index in [0.717, 1.165) is 22.5 Å². The van der Waals surface area contributed by atoms with Gasteiger partial charge in [0.2, 0.25) is 0 Å². The molecule has 2 rings (SSSR count). The number of thioether (sulfide) groups is 1. The second-order valence-electron chi connectivity index (χ2n) is 4.58. The van der Waals surface area contributed by atoms with E-state index >= 15 is 0 Å². The number of rotatable bonds is 3. The molecular weight excluding hydrogens is 418 g/mol. The smallest absolute Gasteiger partial charge is 0.224 e. The Balaban J connectivity index is 2.86. The first-order chi connectivity index (χ1) is 10.8. The quantitative estimate of drug-likeness (QED) is 0.471. The Morgan fingerprint density at radius 3 is 1.79 bits per heavy atom. The maximum Gasteiger partial charge on any atom is 0.419 e. The molecular formula is C12H8F6O2S4. The van der Waals surface area contributed by atoms with Gasteiger partial charge < -0.3 is 0 Å². The van der Waals surface area contributed by atoms with Gasteiger partial charge in [-0.2, -0.15) is 26.3 Å². The van der Waals surface area contributed by atoms with E-state index in [2.05, 4.69) is 0 Å². The topological polar surface area (TPSA) is 34.1 Å². The molecule has 0 radical (unpaired) electrons. The van der Waals surface area contributed by atoms with Crippen LogP contribution in [0.25, 0.3) is 9.75 Å². The molecule has 0 N–H and O–H groups in total. The van der Waals surface area contributed by atoms with Gasteiger partial charge in [-0.25, -0.2) is 8.42 Å². The number of hydrogen-bond acceptors (Lipinski definition) is 5. The maximum absolute atomic E-state index is 13.3. The van der Waals surface area contributed by atoms with Crippen molar-refractivity contribution < 1.29 is 34.8 Å². The summed E-state index contributed by atoms with van der Waals surface area (Å²) >= 11 is 1.61. The molecule has 24 heavy (non-hydrogen) atoms. The van der Waals surface area contributed by atoms with Gasteiger partial charge in [-0.15, -0.1) is 34.4 Å². The lowest BCUT2D eigenvalue weighted by molar-refractivity contribution is -0.141. The summed E-state index contributed by atoms with van der Waals surface area (Å²) in [5.74, 6) is 0. The summed E-state index contributed by atoms with van der Waals surface area (Å²) in [5, 5.41) is 1.84. The molecule has 0 fully saturated rings. The molecule has 0 amide bonds. The van der Waals surface area contributed by atoms with Crippen LogP contribution in [0.1, 0.15) is 11.1 Å². The molecule has 0 saturated carbocycles. The van der Waals surface area contributed by atoms with Crippen LogP contribution in [0.4, 0.5) is 26.3 Å². The van der Waals surface area contributed by atoms with Crippen LogP contribution in [0.15, 0.2) is 20.6 Å². The average molecular weight is 426 g/mol. The Morgan fingerprint density at radius 2 is 1.38 bits per heavy atom. The molecule has 0 aliphatic heterocycles. The number of sulfone groups is 1. The predicted octanol–water partition coefficient (Wildman–Crippen LogP) is 5.64. The van der Waals surface area contributed by atoms with E-state index in [4.69, 9.17) is 0 Å². The van der Waals surface area contributed by atoms with Gasteiger partial charge in [0.1, 0.15) is 0 Å². The summed E-state index contributed by atoms with van der Waals surface area (Å²) in [4.78, 5) is -2.58. The Labute approximate surface area is 145 Å². The molecule has 134 valence electrons. The molecule has 0 spiro atoms. The lowest BCUT2D eigenvalue weighted by Crippen LogP contribution is -2.12. The maximum atomic E-state index is 13.3. The number of halogens is 6. The van der Waals surface area contributed by atoms with E-state index < -0.39 is 48.0 Å². The minimum Gasteiger partial charge on any atom is -0.224 e. The zero-order valence-electron chi connectivity index (χ0n) is 11.9. The van der Waals surface area contributed by atoms with Gasteiger partial charge in [0.15, 0.2) is 9.84 Å². The van der Waals surface area contributed by atoms with Crippen molar-refractivity contribution in [2.45, 2.75) is 22.1 Å². The van der Waals surface area contributed by atoms with Gasteiger partial charge in [0, 0.05) is 21.9 Å². The van der Waals surface area contributed by atoms with Crippen LogP contribution >= 0.6 is 34.4 Å². The first-order valence-corrected chi connectivity index (χ1v) is 10.8.